The second-order valence-electron chi connectivity index (χ2n) is 5.76. The first kappa shape index (κ1) is 15.3. The van der Waals surface area contributed by atoms with Crippen LogP contribution in [0.4, 0.5) is 0 Å². The maximum Gasteiger partial charge on any atom is 0.257 e. The third-order valence-corrected chi connectivity index (χ3v) is 5.52. The summed E-state index contributed by atoms with van der Waals surface area (Å²) in [5, 5.41) is 0. The van der Waals surface area contributed by atoms with Crippen LogP contribution in [0.1, 0.15) is 36.0 Å². The van der Waals surface area contributed by atoms with Crippen LogP contribution in [0.25, 0.3) is 0 Å². The summed E-state index contributed by atoms with van der Waals surface area (Å²) >= 11 is 0. The summed E-state index contributed by atoms with van der Waals surface area (Å²) in [5.74, 6) is 0.236. The fourth-order valence-electron chi connectivity index (χ4n) is 2.60. The lowest BCUT2D eigenvalue weighted by molar-refractivity contribution is 0.0789. The molecule has 0 atom stereocenters. The van der Waals surface area contributed by atoms with E-state index >= 15 is 0 Å². The van der Waals surface area contributed by atoms with Crippen molar-refractivity contribution in [3.05, 3.63) is 23.8 Å². The fourth-order valence-corrected chi connectivity index (χ4v) is 3.93. The molecule has 0 radical (unpaired) electrons. The highest BCUT2D eigenvalue weighted by Crippen LogP contribution is 2.27. The van der Waals surface area contributed by atoms with Gasteiger partial charge in [-0.05, 0) is 43.9 Å². The molecular formula is C15H20N2O4S. The summed E-state index contributed by atoms with van der Waals surface area (Å²) in [4.78, 5) is 14.4. The third kappa shape index (κ3) is 3.10. The minimum Gasteiger partial charge on any atom is -0.496 e. The van der Waals surface area contributed by atoms with E-state index in [4.69, 9.17) is 4.74 Å². The number of sulfonamides is 1. The van der Waals surface area contributed by atoms with Gasteiger partial charge in [0.05, 0.1) is 17.6 Å². The zero-order valence-electron chi connectivity index (χ0n) is 12.5. The number of rotatable bonds is 5. The Hall–Kier alpha value is -1.60. The Balaban J connectivity index is 1.93. The topological polar surface area (TPSA) is 75.7 Å². The molecule has 6 nitrogen and oxygen atoms in total. The van der Waals surface area contributed by atoms with Crippen LogP contribution in [0, 0.1) is 0 Å². The highest BCUT2D eigenvalue weighted by atomic mass is 32.2. The van der Waals surface area contributed by atoms with Crippen molar-refractivity contribution in [3.63, 3.8) is 0 Å². The monoisotopic (exact) mass is 324 g/mol. The van der Waals surface area contributed by atoms with Gasteiger partial charge in [-0.15, -0.1) is 0 Å². The fraction of sp³-hybridized carbons (Fsp3) is 0.533. The number of hydrogen-bond donors (Lipinski definition) is 1. The Kier molecular flexibility index (Phi) is 4.10. The molecule has 120 valence electrons. The van der Waals surface area contributed by atoms with E-state index in [0.717, 1.165) is 25.7 Å². The zero-order valence-corrected chi connectivity index (χ0v) is 13.4. The molecule has 2 aliphatic rings. The van der Waals surface area contributed by atoms with Crippen LogP contribution in [0.3, 0.4) is 0 Å². The lowest BCUT2D eigenvalue weighted by Gasteiger charge is -2.18. The summed E-state index contributed by atoms with van der Waals surface area (Å²) in [7, 11) is -2.10. The SMILES string of the molecule is COc1ccc(S(=O)(=O)NC2CC2)cc1C(=O)N1CCCC1. The first-order valence-corrected chi connectivity index (χ1v) is 8.99. The molecule has 0 bridgehead atoms. The minimum absolute atomic E-state index is 0.0323. The molecule has 1 aromatic carbocycles. The molecular weight excluding hydrogens is 304 g/mol. The lowest BCUT2D eigenvalue weighted by Crippen LogP contribution is -2.29. The Labute approximate surface area is 130 Å². The second kappa shape index (κ2) is 5.89. The highest BCUT2D eigenvalue weighted by molar-refractivity contribution is 7.89. The van der Waals surface area contributed by atoms with Gasteiger partial charge >= 0.3 is 0 Å². The Morgan fingerprint density at radius 3 is 2.55 bits per heavy atom. The van der Waals surface area contributed by atoms with Gasteiger partial charge in [0.25, 0.3) is 5.91 Å². The van der Waals surface area contributed by atoms with E-state index in [1.54, 1.807) is 11.0 Å². The van der Waals surface area contributed by atoms with Gasteiger partial charge in [-0.2, -0.15) is 0 Å². The summed E-state index contributed by atoms with van der Waals surface area (Å²) in [6, 6.07) is 4.48. The van der Waals surface area contributed by atoms with Crippen LogP contribution in [0.5, 0.6) is 5.75 Å². The van der Waals surface area contributed by atoms with Crippen molar-refractivity contribution in [2.75, 3.05) is 20.2 Å². The maximum atomic E-state index is 12.6. The normalized spacial score (nSPS) is 18.5. The summed E-state index contributed by atoms with van der Waals surface area (Å²) in [5.41, 5.74) is 0.308. The van der Waals surface area contributed by atoms with Crippen molar-refractivity contribution in [2.45, 2.75) is 36.6 Å². The highest BCUT2D eigenvalue weighted by Gasteiger charge is 2.29. The average molecular weight is 324 g/mol. The quantitative estimate of drug-likeness (QED) is 0.887. The number of likely N-dealkylation sites (tertiary alicyclic amines) is 1. The number of carbonyl (C=O) groups excluding carboxylic acids is 1. The predicted molar refractivity (Wildman–Crippen MR) is 81.5 cm³/mol. The van der Waals surface area contributed by atoms with Crippen molar-refractivity contribution in [2.24, 2.45) is 0 Å². The van der Waals surface area contributed by atoms with Crippen molar-refractivity contribution in [3.8, 4) is 5.75 Å². The van der Waals surface area contributed by atoms with E-state index in [-0.39, 0.29) is 16.8 Å². The minimum atomic E-state index is -3.58. The average Bonchev–Trinajstić information content (AvgIpc) is 3.14. The Bertz CT molecular complexity index is 677. The molecule has 1 N–H and O–H groups in total. The maximum absolute atomic E-state index is 12.6. The van der Waals surface area contributed by atoms with Crippen molar-refractivity contribution < 1.29 is 17.9 Å². The molecule has 2 fully saturated rings. The Morgan fingerprint density at radius 2 is 1.95 bits per heavy atom. The standard InChI is InChI=1S/C15H20N2O4S/c1-21-14-7-6-12(22(19,20)16-11-4-5-11)10-13(14)15(18)17-8-2-3-9-17/h6-7,10-11,16H,2-5,8-9H2,1H3. The molecule has 3 rings (SSSR count). The van der Waals surface area contributed by atoms with Crippen molar-refractivity contribution >= 4 is 15.9 Å². The van der Waals surface area contributed by atoms with Gasteiger partial charge in [0.2, 0.25) is 10.0 Å². The predicted octanol–water partition coefficient (Wildman–Crippen LogP) is 1.37. The van der Waals surface area contributed by atoms with Gasteiger partial charge in [0, 0.05) is 19.1 Å². The third-order valence-electron chi connectivity index (χ3n) is 4.00. The van der Waals surface area contributed by atoms with Gasteiger partial charge in [0.15, 0.2) is 0 Å². The van der Waals surface area contributed by atoms with Gasteiger partial charge in [-0.3, -0.25) is 4.79 Å². The molecule has 1 aliphatic heterocycles. The smallest absolute Gasteiger partial charge is 0.257 e. The number of carbonyl (C=O) groups is 1. The van der Waals surface area contributed by atoms with E-state index in [1.165, 1.54) is 19.2 Å². The Morgan fingerprint density at radius 1 is 1.27 bits per heavy atom. The molecule has 1 saturated heterocycles. The molecule has 0 aromatic heterocycles. The number of methoxy groups -OCH3 is 1. The van der Waals surface area contributed by atoms with E-state index in [1.807, 2.05) is 0 Å². The molecule has 1 aliphatic carbocycles. The summed E-state index contributed by atoms with van der Waals surface area (Å²) < 4.78 is 32.5. The van der Waals surface area contributed by atoms with Gasteiger partial charge in [0.1, 0.15) is 5.75 Å². The number of nitrogens with zero attached hydrogens (tertiary/aromatic N) is 1. The number of amides is 1. The van der Waals surface area contributed by atoms with E-state index < -0.39 is 10.0 Å². The molecule has 0 spiro atoms. The summed E-state index contributed by atoms with van der Waals surface area (Å²) in [6.45, 7) is 1.42. The molecule has 1 amide bonds. The first-order chi connectivity index (χ1) is 10.5. The van der Waals surface area contributed by atoms with Gasteiger partial charge in [-0.25, -0.2) is 13.1 Å². The van der Waals surface area contributed by atoms with E-state index in [2.05, 4.69) is 4.72 Å². The van der Waals surface area contributed by atoms with E-state index in [0.29, 0.717) is 24.4 Å². The first-order valence-electron chi connectivity index (χ1n) is 7.51. The molecule has 1 aromatic rings. The van der Waals surface area contributed by atoms with Gasteiger partial charge in [-0.1, -0.05) is 0 Å². The second-order valence-corrected chi connectivity index (χ2v) is 7.47. The van der Waals surface area contributed by atoms with Crippen molar-refractivity contribution in [1.29, 1.82) is 0 Å². The molecule has 1 heterocycles. The largest absolute Gasteiger partial charge is 0.496 e. The van der Waals surface area contributed by atoms with Crippen LogP contribution < -0.4 is 9.46 Å². The lowest BCUT2D eigenvalue weighted by atomic mass is 10.1. The molecule has 0 unspecified atom stereocenters. The number of ether oxygens (including phenoxy) is 1. The van der Waals surface area contributed by atoms with Crippen LogP contribution in [0.2, 0.25) is 0 Å². The number of benzene rings is 1. The number of nitrogens with one attached hydrogen (secondary N) is 1. The van der Waals surface area contributed by atoms with Crippen LogP contribution >= 0.6 is 0 Å². The van der Waals surface area contributed by atoms with Crippen molar-refractivity contribution in [1.82, 2.24) is 9.62 Å². The summed E-state index contributed by atoms with van der Waals surface area (Å²) in [6.07, 6.45) is 3.70. The number of hydrogen-bond acceptors (Lipinski definition) is 4. The van der Waals surface area contributed by atoms with E-state index in [9.17, 15) is 13.2 Å². The van der Waals surface area contributed by atoms with Crippen LogP contribution in [-0.4, -0.2) is 45.5 Å². The van der Waals surface area contributed by atoms with Gasteiger partial charge < -0.3 is 9.64 Å². The van der Waals surface area contributed by atoms with Crippen LogP contribution in [0.15, 0.2) is 23.1 Å². The zero-order chi connectivity index (χ0) is 15.7. The molecule has 22 heavy (non-hydrogen) atoms. The van der Waals surface area contributed by atoms with Crippen LogP contribution in [-0.2, 0) is 10.0 Å². The molecule has 7 heteroatoms. The molecule has 1 saturated carbocycles.